The Morgan fingerprint density at radius 3 is 2.74 bits per heavy atom. The van der Waals surface area contributed by atoms with Gasteiger partial charge in [-0.15, -0.1) is 6.58 Å². The number of carbonyl (C=O) groups excluding carboxylic acids is 2. The fraction of sp³-hybridized carbons (Fsp3) is 0.160. The highest BCUT2D eigenvalue weighted by Crippen LogP contribution is 2.21. The number of thiazole rings is 1. The molecular weight excluding hydrogens is 408 g/mol. The largest absolute Gasteiger partial charge is 0.462 e. The van der Waals surface area contributed by atoms with Gasteiger partial charge in [-0.2, -0.15) is 4.99 Å². The first kappa shape index (κ1) is 20.8. The molecule has 0 saturated heterocycles. The normalized spacial score (nSPS) is 11.7. The SMILES string of the molecule is C=CCn1c(=NC(=O)Cc2cccc3ccccc23)sc2cc(C(=O)OCC)ccc21. The van der Waals surface area contributed by atoms with Crippen LogP contribution in [0.15, 0.2) is 78.3 Å². The molecule has 0 saturated carbocycles. The van der Waals surface area contributed by atoms with E-state index in [0.717, 1.165) is 26.6 Å². The van der Waals surface area contributed by atoms with Crippen LogP contribution in [0.4, 0.5) is 0 Å². The van der Waals surface area contributed by atoms with Crippen LogP contribution in [0.5, 0.6) is 0 Å². The minimum absolute atomic E-state index is 0.216. The van der Waals surface area contributed by atoms with Gasteiger partial charge in [0, 0.05) is 6.54 Å². The molecular formula is C25H22N2O3S. The molecule has 0 aliphatic carbocycles. The van der Waals surface area contributed by atoms with Gasteiger partial charge in [0.05, 0.1) is 28.8 Å². The summed E-state index contributed by atoms with van der Waals surface area (Å²) in [6.45, 7) is 6.43. The van der Waals surface area contributed by atoms with Crippen LogP contribution < -0.4 is 4.80 Å². The number of nitrogens with zero attached hydrogens (tertiary/aromatic N) is 2. The van der Waals surface area contributed by atoms with Gasteiger partial charge < -0.3 is 9.30 Å². The van der Waals surface area contributed by atoms with Crippen molar-refractivity contribution in [2.24, 2.45) is 4.99 Å². The monoisotopic (exact) mass is 430 g/mol. The molecule has 0 aliphatic heterocycles. The Morgan fingerprint density at radius 2 is 1.94 bits per heavy atom. The van der Waals surface area contributed by atoms with Crippen LogP contribution in [-0.2, 0) is 22.5 Å². The van der Waals surface area contributed by atoms with Crippen molar-refractivity contribution in [3.63, 3.8) is 0 Å². The molecule has 0 unspecified atom stereocenters. The van der Waals surface area contributed by atoms with Crippen molar-refractivity contribution in [2.75, 3.05) is 6.61 Å². The number of hydrogen-bond donors (Lipinski definition) is 0. The molecule has 0 aliphatic rings. The van der Waals surface area contributed by atoms with E-state index in [-0.39, 0.29) is 18.3 Å². The summed E-state index contributed by atoms with van der Waals surface area (Å²) in [5.41, 5.74) is 2.33. The van der Waals surface area contributed by atoms with Crippen LogP contribution in [0.25, 0.3) is 21.0 Å². The zero-order valence-corrected chi connectivity index (χ0v) is 18.0. The Morgan fingerprint density at radius 1 is 1.13 bits per heavy atom. The molecule has 6 heteroatoms. The minimum atomic E-state index is -0.362. The maximum Gasteiger partial charge on any atom is 0.338 e. The van der Waals surface area contributed by atoms with E-state index in [1.807, 2.05) is 53.1 Å². The number of allylic oxidation sites excluding steroid dienone is 1. The number of hydrogen-bond acceptors (Lipinski definition) is 4. The predicted octanol–water partition coefficient (Wildman–Crippen LogP) is 4.89. The highest BCUT2D eigenvalue weighted by atomic mass is 32.1. The van der Waals surface area contributed by atoms with Crippen molar-refractivity contribution in [2.45, 2.75) is 19.9 Å². The molecule has 3 aromatic carbocycles. The van der Waals surface area contributed by atoms with Gasteiger partial charge in [-0.05, 0) is 41.5 Å². The molecule has 5 nitrogen and oxygen atoms in total. The highest BCUT2D eigenvalue weighted by molar-refractivity contribution is 7.16. The van der Waals surface area contributed by atoms with Crippen LogP contribution in [0.2, 0.25) is 0 Å². The lowest BCUT2D eigenvalue weighted by atomic mass is 10.0. The van der Waals surface area contributed by atoms with E-state index < -0.39 is 0 Å². The lowest BCUT2D eigenvalue weighted by Gasteiger charge is -2.04. The molecule has 156 valence electrons. The summed E-state index contributed by atoms with van der Waals surface area (Å²) in [6.07, 6.45) is 1.98. The number of aromatic nitrogens is 1. The summed E-state index contributed by atoms with van der Waals surface area (Å²) in [6, 6.07) is 19.3. The molecule has 31 heavy (non-hydrogen) atoms. The first-order valence-corrected chi connectivity index (χ1v) is 10.9. The molecule has 0 radical (unpaired) electrons. The molecule has 4 aromatic rings. The van der Waals surface area contributed by atoms with Crippen molar-refractivity contribution in [3.05, 3.63) is 89.2 Å². The second-order valence-corrected chi connectivity index (χ2v) is 8.02. The molecule has 1 heterocycles. The number of amides is 1. The Balaban J connectivity index is 1.72. The second kappa shape index (κ2) is 9.10. The van der Waals surface area contributed by atoms with E-state index in [0.29, 0.717) is 23.5 Å². The molecule has 1 aromatic heterocycles. The van der Waals surface area contributed by atoms with Gasteiger partial charge in [-0.1, -0.05) is 59.9 Å². The van der Waals surface area contributed by atoms with Crippen LogP contribution in [0.1, 0.15) is 22.8 Å². The predicted molar refractivity (Wildman–Crippen MR) is 124 cm³/mol. The van der Waals surface area contributed by atoms with Crippen molar-refractivity contribution >= 4 is 44.2 Å². The number of fused-ring (bicyclic) bond motifs is 2. The van der Waals surface area contributed by atoms with Crippen molar-refractivity contribution in [1.29, 1.82) is 0 Å². The fourth-order valence-electron chi connectivity index (χ4n) is 3.56. The number of esters is 1. The van der Waals surface area contributed by atoms with E-state index in [1.165, 1.54) is 11.3 Å². The number of rotatable bonds is 6. The molecule has 0 N–H and O–H groups in total. The smallest absolute Gasteiger partial charge is 0.338 e. The van der Waals surface area contributed by atoms with E-state index in [2.05, 4.69) is 11.6 Å². The summed E-state index contributed by atoms with van der Waals surface area (Å²) in [7, 11) is 0. The van der Waals surface area contributed by atoms with Crippen molar-refractivity contribution in [1.82, 2.24) is 4.57 Å². The van der Waals surface area contributed by atoms with Gasteiger partial charge >= 0.3 is 5.97 Å². The summed E-state index contributed by atoms with van der Waals surface area (Å²) in [4.78, 5) is 29.9. The Bertz CT molecular complexity index is 1360. The minimum Gasteiger partial charge on any atom is -0.462 e. The highest BCUT2D eigenvalue weighted by Gasteiger charge is 2.13. The molecule has 4 rings (SSSR count). The van der Waals surface area contributed by atoms with Crippen molar-refractivity contribution < 1.29 is 14.3 Å². The fourth-order valence-corrected chi connectivity index (χ4v) is 4.66. The molecule has 0 bridgehead atoms. The lowest BCUT2D eigenvalue weighted by Crippen LogP contribution is -2.17. The average molecular weight is 431 g/mol. The summed E-state index contributed by atoms with van der Waals surface area (Å²) in [5, 5.41) is 2.16. The third-order valence-electron chi connectivity index (χ3n) is 4.95. The van der Waals surface area contributed by atoms with Gasteiger partial charge in [0.15, 0.2) is 4.80 Å². The summed E-state index contributed by atoms with van der Waals surface area (Å²) < 4.78 is 7.89. The molecule has 0 atom stereocenters. The van der Waals surface area contributed by atoms with Gasteiger partial charge in [-0.3, -0.25) is 4.79 Å². The topological polar surface area (TPSA) is 60.7 Å². The van der Waals surface area contributed by atoms with Crippen LogP contribution in [0.3, 0.4) is 0 Å². The Kier molecular flexibility index (Phi) is 6.09. The van der Waals surface area contributed by atoms with E-state index in [4.69, 9.17) is 4.74 Å². The maximum atomic E-state index is 12.8. The third kappa shape index (κ3) is 4.34. The first-order chi connectivity index (χ1) is 15.1. The van der Waals surface area contributed by atoms with E-state index >= 15 is 0 Å². The van der Waals surface area contributed by atoms with Gasteiger partial charge in [0.25, 0.3) is 5.91 Å². The van der Waals surface area contributed by atoms with Crippen LogP contribution in [-0.4, -0.2) is 23.1 Å². The standard InChI is InChI=1S/C25H22N2O3S/c1-3-14-27-21-13-12-19(24(29)30-4-2)15-22(21)31-25(27)26-23(28)16-18-10-7-9-17-8-5-6-11-20(17)18/h3,5-13,15H,1,4,14,16H2,2H3. The lowest BCUT2D eigenvalue weighted by molar-refractivity contribution is -0.117. The first-order valence-electron chi connectivity index (χ1n) is 10.1. The Hall–Kier alpha value is -3.51. The van der Waals surface area contributed by atoms with E-state index in [9.17, 15) is 9.59 Å². The zero-order valence-electron chi connectivity index (χ0n) is 17.2. The zero-order chi connectivity index (χ0) is 21.8. The second-order valence-electron chi connectivity index (χ2n) is 7.01. The van der Waals surface area contributed by atoms with Crippen LogP contribution >= 0.6 is 11.3 Å². The van der Waals surface area contributed by atoms with Crippen molar-refractivity contribution in [3.8, 4) is 0 Å². The number of benzene rings is 3. The summed E-state index contributed by atoms with van der Waals surface area (Å²) >= 11 is 1.38. The Labute approximate surface area is 183 Å². The summed E-state index contributed by atoms with van der Waals surface area (Å²) in [5.74, 6) is -0.579. The molecule has 0 spiro atoms. The quantitative estimate of drug-likeness (QED) is 0.323. The third-order valence-corrected chi connectivity index (χ3v) is 5.99. The number of ether oxygens (including phenoxy) is 1. The van der Waals surface area contributed by atoms with E-state index in [1.54, 1.807) is 25.1 Å². The molecule has 0 fully saturated rings. The van der Waals surface area contributed by atoms with Gasteiger partial charge in [-0.25, -0.2) is 4.79 Å². The number of carbonyl (C=O) groups is 2. The van der Waals surface area contributed by atoms with Crippen LogP contribution in [0, 0.1) is 0 Å². The maximum absolute atomic E-state index is 12.8. The average Bonchev–Trinajstić information content (AvgIpc) is 3.10. The molecule has 1 amide bonds. The van der Waals surface area contributed by atoms with Gasteiger partial charge in [0.1, 0.15) is 0 Å². The van der Waals surface area contributed by atoms with Gasteiger partial charge in [0.2, 0.25) is 0 Å².